The van der Waals surface area contributed by atoms with Crippen LogP contribution in [0.3, 0.4) is 0 Å². The van der Waals surface area contributed by atoms with E-state index in [0.717, 1.165) is 25.7 Å². The van der Waals surface area contributed by atoms with Crippen LogP contribution in [0.4, 0.5) is 0 Å². The molecule has 6 nitrogen and oxygen atoms in total. The number of esters is 1. The van der Waals surface area contributed by atoms with E-state index < -0.39 is 29.1 Å². The third kappa shape index (κ3) is 3.99. The highest BCUT2D eigenvalue weighted by Crippen LogP contribution is 2.70. The first-order valence-electron chi connectivity index (χ1n) is 13.0. The normalized spacial score (nSPS) is 50.9. The van der Waals surface area contributed by atoms with Gasteiger partial charge in [-0.2, -0.15) is 0 Å². The molecule has 4 saturated carbocycles. The molecular formula is C27H43NO5S. The summed E-state index contributed by atoms with van der Waals surface area (Å²) in [6, 6.07) is 0.0205. The Morgan fingerprint density at radius 3 is 2.62 bits per heavy atom. The summed E-state index contributed by atoms with van der Waals surface area (Å²) in [7, 11) is 0. The van der Waals surface area contributed by atoms with Crippen molar-refractivity contribution in [2.45, 2.75) is 102 Å². The van der Waals surface area contributed by atoms with Gasteiger partial charge in [0.15, 0.2) is 0 Å². The van der Waals surface area contributed by atoms with Crippen molar-refractivity contribution < 1.29 is 24.5 Å². The Bertz CT molecular complexity index is 836. The molecule has 0 aromatic rings. The topological polar surface area (TPSA) is 110 Å². The molecule has 34 heavy (non-hydrogen) atoms. The minimum atomic E-state index is -0.662. The monoisotopic (exact) mass is 493 g/mol. The highest BCUT2D eigenvalue weighted by Gasteiger charge is 2.71. The lowest BCUT2D eigenvalue weighted by Gasteiger charge is -2.52. The minimum absolute atomic E-state index is 0.0177. The Labute approximate surface area is 208 Å². The lowest BCUT2D eigenvalue weighted by molar-refractivity contribution is -0.172. The molecule has 0 aliphatic heterocycles. The molecule has 7 heteroatoms. The molecule has 2 bridgehead atoms. The average molecular weight is 494 g/mol. The van der Waals surface area contributed by atoms with Gasteiger partial charge in [-0.05, 0) is 55.8 Å². The SMILES string of the molecule is C=C[C@]1(C)C[C@@H](OC(=O)CS[C@@H]2CC[C@@H](N)C[C@H]2O)[C@]2(C)[C@H](C)C[C@]3(CCC(=O)[C@H]32)[C@@H](C)[C@@H]1O. The molecule has 0 unspecified atom stereocenters. The van der Waals surface area contributed by atoms with Gasteiger partial charge in [0.2, 0.25) is 0 Å². The van der Waals surface area contributed by atoms with Gasteiger partial charge < -0.3 is 20.7 Å². The van der Waals surface area contributed by atoms with Crippen molar-refractivity contribution in [3.63, 3.8) is 0 Å². The fourth-order valence-electron chi connectivity index (χ4n) is 8.12. The van der Waals surface area contributed by atoms with E-state index in [1.54, 1.807) is 0 Å². The number of ketones is 1. The van der Waals surface area contributed by atoms with Crippen LogP contribution in [-0.2, 0) is 14.3 Å². The molecule has 0 saturated heterocycles. The molecule has 4 N–H and O–H groups in total. The van der Waals surface area contributed by atoms with E-state index in [4.69, 9.17) is 10.5 Å². The number of rotatable bonds is 5. The maximum absolute atomic E-state index is 13.3. The number of carbonyl (C=O) groups excluding carboxylic acids is 2. The second-order valence-corrected chi connectivity index (χ2v) is 13.4. The summed E-state index contributed by atoms with van der Waals surface area (Å²) < 4.78 is 6.23. The Balaban J connectivity index is 1.59. The molecule has 4 aliphatic rings. The maximum atomic E-state index is 13.3. The van der Waals surface area contributed by atoms with E-state index in [2.05, 4.69) is 27.4 Å². The van der Waals surface area contributed by atoms with Crippen LogP contribution in [0.2, 0.25) is 0 Å². The molecule has 192 valence electrons. The Morgan fingerprint density at radius 2 is 1.97 bits per heavy atom. The molecule has 4 fully saturated rings. The average Bonchev–Trinajstić information content (AvgIpc) is 3.24. The summed E-state index contributed by atoms with van der Waals surface area (Å²) in [6.07, 6.45) is 4.99. The molecule has 0 radical (unpaired) electrons. The van der Waals surface area contributed by atoms with E-state index in [1.807, 2.05) is 13.0 Å². The summed E-state index contributed by atoms with van der Waals surface area (Å²) in [6.45, 7) is 12.5. The smallest absolute Gasteiger partial charge is 0.316 e. The lowest BCUT2D eigenvalue weighted by atomic mass is 9.55. The second kappa shape index (κ2) is 9.20. The quantitative estimate of drug-likeness (QED) is 0.397. The molecule has 0 heterocycles. The van der Waals surface area contributed by atoms with Gasteiger partial charge in [-0.15, -0.1) is 18.3 Å². The molecular weight excluding hydrogens is 450 g/mol. The summed E-state index contributed by atoms with van der Waals surface area (Å²) >= 11 is 1.44. The summed E-state index contributed by atoms with van der Waals surface area (Å²) in [4.78, 5) is 26.4. The second-order valence-electron chi connectivity index (χ2n) is 12.2. The number of aliphatic hydroxyl groups is 2. The number of hydrogen-bond donors (Lipinski definition) is 3. The predicted molar refractivity (Wildman–Crippen MR) is 134 cm³/mol. The van der Waals surface area contributed by atoms with Crippen LogP contribution in [0.15, 0.2) is 12.7 Å². The largest absolute Gasteiger partial charge is 0.461 e. The maximum Gasteiger partial charge on any atom is 0.316 e. The molecule has 0 amide bonds. The molecule has 0 aromatic carbocycles. The van der Waals surface area contributed by atoms with E-state index in [9.17, 15) is 19.8 Å². The lowest BCUT2D eigenvalue weighted by Crippen LogP contribution is -2.55. The van der Waals surface area contributed by atoms with Gasteiger partial charge in [0.25, 0.3) is 0 Å². The Kier molecular flexibility index (Phi) is 7.09. The van der Waals surface area contributed by atoms with Crippen LogP contribution < -0.4 is 5.73 Å². The van der Waals surface area contributed by atoms with Crippen molar-refractivity contribution in [2.24, 2.45) is 39.7 Å². The van der Waals surface area contributed by atoms with Gasteiger partial charge in [0, 0.05) is 34.5 Å². The first-order chi connectivity index (χ1) is 15.9. The fourth-order valence-corrected chi connectivity index (χ4v) is 9.17. The molecule has 0 aromatic heterocycles. The van der Waals surface area contributed by atoms with Crippen LogP contribution in [0.1, 0.15) is 72.6 Å². The molecule has 0 spiro atoms. The standard InChI is InChI=1S/C27H43NO5S/c1-6-25(4)13-21(33-22(31)14-34-20-8-7-17(28)11-19(20)30)26(5)15(2)12-27(16(3)24(25)32)10-9-18(29)23(26)27/h6,15-17,19-21,23-24,30,32H,1,7-14,28H2,2-5H3/t15-,16+,17-,19-,20-,21-,23+,24+,25-,26+,27-/m1/s1. The Morgan fingerprint density at radius 1 is 1.26 bits per heavy atom. The van der Waals surface area contributed by atoms with E-state index in [-0.39, 0.29) is 52.0 Å². The Hall–Kier alpha value is -0.890. The molecule has 4 aliphatic carbocycles. The van der Waals surface area contributed by atoms with Gasteiger partial charge in [-0.25, -0.2) is 0 Å². The van der Waals surface area contributed by atoms with E-state index in [0.29, 0.717) is 19.3 Å². The number of aliphatic hydroxyl groups excluding tert-OH is 2. The zero-order valence-electron chi connectivity index (χ0n) is 21.2. The van der Waals surface area contributed by atoms with Crippen LogP contribution in [0, 0.1) is 34.0 Å². The predicted octanol–water partition coefficient (Wildman–Crippen LogP) is 3.48. The third-order valence-electron chi connectivity index (χ3n) is 10.4. The van der Waals surface area contributed by atoms with Crippen LogP contribution in [0.25, 0.3) is 0 Å². The number of carbonyl (C=O) groups is 2. The highest BCUT2D eigenvalue weighted by molar-refractivity contribution is 8.00. The number of hydrogen-bond acceptors (Lipinski definition) is 7. The van der Waals surface area contributed by atoms with Crippen molar-refractivity contribution in [3.05, 3.63) is 12.7 Å². The first kappa shape index (κ1) is 26.2. The summed E-state index contributed by atoms with van der Waals surface area (Å²) in [5, 5.41) is 21.9. The molecule has 11 atom stereocenters. The van der Waals surface area contributed by atoms with Crippen LogP contribution in [-0.4, -0.2) is 57.3 Å². The third-order valence-corrected chi connectivity index (χ3v) is 11.8. The fraction of sp³-hybridized carbons (Fsp3) is 0.852. The number of nitrogens with two attached hydrogens (primary N) is 1. The van der Waals surface area contributed by atoms with E-state index in [1.165, 1.54) is 11.8 Å². The van der Waals surface area contributed by atoms with Crippen LogP contribution in [0.5, 0.6) is 0 Å². The van der Waals surface area contributed by atoms with E-state index >= 15 is 0 Å². The van der Waals surface area contributed by atoms with Gasteiger partial charge >= 0.3 is 5.97 Å². The number of thioether (sulfide) groups is 1. The number of ether oxygens (including phenoxy) is 1. The van der Waals surface area contributed by atoms with Crippen molar-refractivity contribution in [3.8, 4) is 0 Å². The highest BCUT2D eigenvalue weighted by atomic mass is 32.2. The van der Waals surface area contributed by atoms with Crippen molar-refractivity contribution in [1.29, 1.82) is 0 Å². The van der Waals surface area contributed by atoms with Crippen molar-refractivity contribution in [2.75, 3.05) is 5.75 Å². The summed E-state index contributed by atoms with van der Waals surface area (Å²) in [5.74, 6) is 0.0402. The number of Topliss-reactive ketones (excluding diaryl/α,β-unsaturated/α-hetero) is 1. The zero-order chi connectivity index (χ0) is 25.1. The first-order valence-corrected chi connectivity index (χ1v) is 14.0. The van der Waals surface area contributed by atoms with Crippen LogP contribution >= 0.6 is 11.8 Å². The van der Waals surface area contributed by atoms with Gasteiger partial charge in [0.1, 0.15) is 11.9 Å². The summed E-state index contributed by atoms with van der Waals surface area (Å²) in [5.41, 5.74) is 4.58. The van der Waals surface area contributed by atoms with Gasteiger partial charge in [-0.3, -0.25) is 9.59 Å². The van der Waals surface area contributed by atoms with Gasteiger partial charge in [0.05, 0.1) is 18.0 Å². The van der Waals surface area contributed by atoms with Gasteiger partial charge in [-0.1, -0.05) is 33.8 Å². The zero-order valence-corrected chi connectivity index (χ0v) is 22.0. The van der Waals surface area contributed by atoms with Crippen molar-refractivity contribution >= 4 is 23.5 Å². The minimum Gasteiger partial charge on any atom is -0.461 e. The van der Waals surface area contributed by atoms with Crippen molar-refractivity contribution in [1.82, 2.24) is 0 Å². The molecule has 4 rings (SSSR count).